The number of hydrogen-bond donors (Lipinski definition) is 1. The van der Waals surface area contributed by atoms with Crippen LogP contribution in [0.25, 0.3) is 0 Å². The Kier molecular flexibility index (Phi) is 5.61. The van der Waals surface area contributed by atoms with E-state index in [0.29, 0.717) is 24.4 Å². The maximum Gasteiger partial charge on any atom is 0.253 e. The van der Waals surface area contributed by atoms with Gasteiger partial charge in [0.05, 0.1) is 5.75 Å². The van der Waals surface area contributed by atoms with Crippen LogP contribution in [0.1, 0.15) is 39.7 Å². The third-order valence-corrected chi connectivity index (χ3v) is 6.77. The van der Waals surface area contributed by atoms with Gasteiger partial charge in [0.25, 0.3) is 5.91 Å². The first-order valence-electron chi connectivity index (χ1n) is 9.78. The first-order valence-corrected chi connectivity index (χ1v) is 10.8. The maximum atomic E-state index is 13.3. The molecule has 2 aromatic rings. The molecule has 1 atom stereocenters. The highest BCUT2D eigenvalue weighted by atomic mass is 32.2. The summed E-state index contributed by atoms with van der Waals surface area (Å²) < 4.78 is 13.3. The molecule has 0 spiro atoms. The van der Waals surface area contributed by atoms with E-state index in [1.54, 1.807) is 23.1 Å². The van der Waals surface area contributed by atoms with Gasteiger partial charge in [-0.05, 0) is 61.2 Å². The summed E-state index contributed by atoms with van der Waals surface area (Å²) in [5.41, 5.74) is 9.09. The summed E-state index contributed by atoms with van der Waals surface area (Å²) in [6, 6.07) is 11.9. The smallest absolute Gasteiger partial charge is 0.253 e. The van der Waals surface area contributed by atoms with Crippen molar-refractivity contribution in [1.29, 1.82) is 0 Å². The number of rotatable bonds is 3. The predicted molar refractivity (Wildman–Crippen MR) is 113 cm³/mol. The second kappa shape index (κ2) is 8.16. The number of thioether (sulfide) groups is 1. The van der Waals surface area contributed by atoms with E-state index in [9.17, 15) is 14.0 Å². The monoisotopic (exact) mass is 413 g/mol. The summed E-state index contributed by atoms with van der Waals surface area (Å²) in [5.74, 6) is 0.0866. The minimum Gasteiger partial charge on any atom is -0.339 e. The number of nitrogens with two attached hydrogens (primary N) is 1. The molecule has 2 aliphatic rings. The molecule has 2 amide bonds. The van der Waals surface area contributed by atoms with Crippen LogP contribution in [-0.4, -0.2) is 41.6 Å². The van der Waals surface area contributed by atoms with Crippen LogP contribution in [0.3, 0.4) is 0 Å². The van der Waals surface area contributed by atoms with Gasteiger partial charge < -0.3 is 10.6 Å². The van der Waals surface area contributed by atoms with E-state index >= 15 is 0 Å². The number of carbonyl (C=O) groups excluding carboxylic acids is 2. The van der Waals surface area contributed by atoms with Crippen LogP contribution in [0.15, 0.2) is 42.5 Å². The van der Waals surface area contributed by atoms with Gasteiger partial charge in [0.15, 0.2) is 0 Å². The number of likely N-dealkylation sites (tertiary alicyclic amines) is 1. The van der Waals surface area contributed by atoms with Crippen molar-refractivity contribution in [2.75, 3.05) is 23.7 Å². The van der Waals surface area contributed by atoms with Crippen LogP contribution in [-0.2, 0) is 4.79 Å². The van der Waals surface area contributed by atoms with Crippen molar-refractivity contribution >= 4 is 29.3 Å². The molecule has 29 heavy (non-hydrogen) atoms. The lowest BCUT2D eigenvalue weighted by Crippen LogP contribution is -2.42. The molecule has 0 aliphatic carbocycles. The van der Waals surface area contributed by atoms with Crippen LogP contribution in [0.4, 0.5) is 10.1 Å². The Hall–Kier alpha value is -2.38. The summed E-state index contributed by atoms with van der Waals surface area (Å²) >= 11 is 1.52. The first-order chi connectivity index (χ1) is 13.9. The number of halogens is 1. The lowest BCUT2D eigenvalue weighted by Gasteiger charge is -2.31. The van der Waals surface area contributed by atoms with Crippen molar-refractivity contribution in [1.82, 2.24) is 4.90 Å². The highest BCUT2D eigenvalue weighted by molar-refractivity contribution is 8.00. The number of amides is 2. The van der Waals surface area contributed by atoms with Crippen LogP contribution in [0.5, 0.6) is 0 Å². The van der Waals surface area contributed by atoms with Crippen LogP contribution in [0, 0.1) is 12.7 Å². The second-order valence-corrected chi connectivity index (χ2v) is 8.68. The van der Waals surface area contributed by atoms with Crippen molar-refractivity contribution in [2.45, 2.75) is 31.2 Å². The molecule has 7 heteroatoms. The van der Waals surface area contributed by atoms with Gasteiger partial charge in [-0.1, -0.05) is 12.1 Å². The largest absolute Gasteiger partial charge is 0.339 e. The van der Waals surface area contributed by atoms with Crippen molar-refractivity contribution in [3.63, 3.8) is 0 Å². The molecule has 2 aliphatic heterocycles. The molecule has 0 saturated carbocycles. The zero-order chi connectivity index (χ0) is 20.5. The summed E-state index contributed by atoms with van der Waals surface area (Å²) in [5, 5.41) is -0.202. The Morgan fingerprint density at radius 3 is 2.48 bits per heavy atom. The molecular weight excluding hydrogens is 389 g/mol. The predicted octanol–water partition coefficient (Wildman–Crippen LogP) is 3.48. The Bertz CT molecular complexity index is 926. The van der Waals surface area contributed by atoms with E-state index in [2.05, 4.69) is 0 Å². The maximum absolute atomic E-state index is 13.3. The van der Waals surface area contributed by atoms with Gasteiger partial charge in [-0.15, -0.1) is 11.8 Å². The lowest BCUT2D eigenvalue weighted by molar-refractivity contribution is -0.115. The number of aryl methyl sites for hydroxylation is 1. The molecule has 2 saturated heterocycles. The van der Waals surface area contributed by atoms with Crippen LogP contribution >= 0.6 is 11.8 Å². The number of piperidine rings is 1. The van der Waals surface area contributed by atoms with Crippen molar-refractivity contribution in [2.24, 2.45) is 5.73 Å². The molecule has 5 nitrogen and oxygen atoms in total. The molecule has 0 bridgehead atoms. The normalized spacial score (nSPS) is 20.4. The standard InChI is InChI=1S/C22H24FN3O2S/c1-14-12-16(21(28)25-10-8-18(24)9-11-25)4-7-19(14)26-20(27)13-29-22(26)15-2-5-17(23)6-3-15/h2-7,12,18,22H,8-11,13,24H2,1H3. The number of carbonyl (C=O) groups is 2. The summed E-state index contributed by atoms with van der Waals surface area (Å²) in [4.78, 5) is 29.1. The lowest BCUT2D eigenvalue weighted by atomic mass is 10.0. The Labute approximate surface area is 174 Å². The quantitative estimate of drug-likeness (QED) is 0.837. The molecule has 0 radical (unpaired) electrons. The third kappa shape index (κ3) is 4.02. The second-order valence-electron chi connectivity index (χ2n) is 7.61. The fourth-order valence-corrected chi connectivity index (χ4v) is 5.07. The molecule has 2 N–H and O–H groups in total. The molecule has 2 fully saturated rings. The van der Waals surface area contributed by atoms with Gasteiger partial charge in [-0.3, -0.25) is 14.5 Å². The van der Waals surface area contributed by atoms with Gasteiger partial charge >= 0.3 is 0 Å². The van der Waals surface area contributed by atoms with Crippen LogP contribution < -0.4 is 10.6 Å². The van der Waals surface area contributed by atoms with Gasteiger partial charge in [0.1, 0.15) is 11.2 Å². The van der Waals surface area contributed by atoms with Gasteiger partial charge in [0, 0.05) is 30.4 Å². The van der Waals surface area contributed by atoms with Crippen molar-refractivity contribution in [3.8, 4) is 0 Å². The molecular formula is C22H24FN3O2S. The van der Waals surface area contributed by atoms with E-state index in [1.165, 1.54) is 23.9 Å². The van der Waals surface area contributed by atoms with Crippen LogP contribution in [0.2, 0.25) is 0 Å². The fourth-order valence-electron chi connectivity index (χ4n) is 3.90. The van der Waals surface area contributed by atoms with E-state index in [1.807, 2.05) is 24.0 Å². The third-order valence-electron chi connectivity index (χ3n) is 5.55. The summed E-state index contributed by atoms with van der Waals surface area (Å²) in [7, 11) is 0. The Balaban J connectivity index is 1.58. The van der Waals surface area contributed by atoms with Gasteiger partial charge in [-0.25, -0.2) is 4.39 Å². The average Bonchev–Trinajstić information content (AvgIpc) is 3.10. The minimum atomic E-state index is -0.299. The molecule has 4 rings (SSSR count). The molecule has 152 valence electrons. The number of anilines is 1. The molecule has 2 heterocycles. The summed E-state index contributed by atoms with van der Waals surface area (Å²) in [6.07, 6.45) is 1.64. The Morgan fingerprint density at radius 1 is 1.14 bits per heavy atom. The number of nitrogens with zero attached hydrogens (tertiary/aromatic N) is 2. The SMILES string of the molecule is Cc1cc(C(=O)N2CCC(N)CC2)ccc1N1C(=O)CSC1c1ccc(F)cc1. The van der Waals surface area contributed by atoms with Gasteiger partial charge in [0.2, 0.25) is 5.91 Å². The van der Waals surface area contributed by atoms with Crippen molar-refractivity contribution < 1.29 is 14.0 Å². The molecule has 2 aromatic carbocycles. The highest BCUT2D eigenvalue weighted by Crippen LogP contribution is 2.42. The molecule has 1 unspecified atom stereocenters. The Morgan fingerprint density at radius 2 is 1.83 bits per heavy atom. The highest BCUT2D eigenvalue weighted by Gasteiger charge is 2.35. The zero-order valence-corrected chi connectivity index (χ0v) is 17.1. The van der Waals surface area contributed by atoms with E-state index in [-0.39, 0.29) is 29.0 Å². The van der Waals surface area contributed by atoms with Crippen molar-refractivity contribution in [3.05, 3.63) is 65.0 Å². The van der Waals surface area contributed by atoms with Gasteiger partial charge in [-0.2, -0.15) is 0 Å². The minimum absolute atomic E-state index is 0.00348. The first kappa shape index (κ1) is 19.9. The zero-order valence-electron chi connectivity index (χ0n) is 16.3. The van der Waals surface area contributed by atoms with E-state index in [4.69, 9.17) is 5.73 Å². The summed E-state index contributed by atoms with van der Waals surface area (Å²) in [6.45, 7) is 3.26. The number of benzene rings is 2. The molecule has 0 aromatic heterocycles. The van der Waals surface area contributed by atoms with E-state index in [0.717, 1.165) is 29.7 Å². The average molecular weight is 414 g/mol. The topological polar surface area (TPSA) is 66.6 Å². The van der Waals surface area contributed by atoms with E-state index < -0.39 is 0 Å². The number of hydrogen-bond acceptors (Lipinski definition) is 4. The fraction of sp³-hybridized carbons (Fsp3) is 0.364.